The van der Waals surface area contributed by atoms with Crippen molar-refractivity contribution in [2.75, 3.05) is 20.3 Å². The second kappa shape index (κ2) is 8.76. The van der Waals surface area contributed by atoms with E-state index in [4.69, 9.17) is 14.5 Å². The summed E-state index contributed by atoms with van der Waals surface area (Å²) in [4.78, 5) is 30.1. The first-order chi connectivity index (χ1) is 17.3. The molecule has 1 aliphatic carbocycles. The van der Waals surface area contributed by atoms with Crippen LogP contribution >= 0.6 is 0 Å². The van der Waals surface area contributed by atoms with Crippen LogP contribution in [0.2, 0.25) is 0 Å². The third-order valence-corrected chi connectivity index (χ3v) is 7.68. The number of aliphatic hydroxyl groups excluding tert-OH is 2. The van der Waals surface area contributed by atoms with Crippen molar-refractivity contribution in [1.29, 1.82) is 0 Å². The lowest BCUT2D eigenvalue weighted by Gasteiger charge is -2.38. The molecule has 36 heavy (non-hydrogen) atoms. The van der Waals surface area contributed by atoms with Gasteiger partial charge in [-0.3, -0.25) is 4.79 Å². The summed E-state index contributed by atoms with van der Waals surface area (Å²) < 4.78 is 26.9. The van der Waals surface area contributed by atoms with Gasteiger partial charge in [-0.05, 0) is 42.5 Å². The number of cyclic esters (lactones) is 1. The van der Waals surface area contributed by atoms with Crippen LogP contribution in [0.25, 0.3) is 22.3 Å². The average molecular weight is 497 g/mol. The van der Waals surface area contributed by atoms with Gasteiger partial charge in [-0.2, -0.15) is 0 Å². The minimum Gasteiger partial charge on any atom is -0.458 e. The highest BCUT2D eigenvalue weighted by Gasteiger charge is 2.43. The van der Waals surface area contributed by atoms with Gasteiger partial charge < -0.3 is 24.3 Å². The number of carbonyl (C=O) groups excluding carboxylic acids is 1. The molecule has 8 nitrogen and oxygen atoms in total. The highest BCUT2D eigenvalue weighted by molar-refractivity contribution is 5.93. The number of benzene rings is 1. The van der Waals surface area contributed by atoms with Gasteiger partial charge in [0.2, 0.25) is 0 Å². The molecule has 0 amide bonds. The molecule has 4 heterocycles. The standard InChI is InChI=1S/C25H23FN2O6.C2H6/c1-11-12-3-4-25(9-29,10-33-2)20-14-7-28-18(21(14)27-17(19(12)20)6-16(11)26)5-13-15(23(28)31)8-34-24(32)22(13)30;1-2/h5-6,22,29-30H,3-4,7-10H2,1-2H3;1-2H3. The Morgan fingerprint density at radius 3 is 2.69 bits per heavy atom. The maximum Gasteiger partial charge on any atom is 0.340 e. The van der Waals surface area contributed by atoms with E-state index in [1.54, 1.807) is 24.7 Å². The molecule has 9 heteroatoms. The Morgan fingerprint density at radius 1 is 1.25 bits per heavy atom. The third-order valence-electron chi connectivity index (χ3n) is 7.68. The lowest BCUT2D eigenvalue weighted by molar-refractivity contribution is -0.157. The fraction of sp³-hybridized carbons (Fsp3) is 0.444. The summed E-state index contributed by atoms with van der Waals surface area (Å²) in [7, 11) is 1.58. The van der Waals surface area contributed by atoms with Gasteiger partial charge in [-0.25, -0.2) is 14.2 Å². The molecule has 3 aromatic rings. The molecule has 2 aliphatic heterocycles. The van der Waals surface area contributed by atoms with Crippen LogP contribution in [0.3, 0.4) is 0 Å². The molecule has 0 fully saturated rings. The lowest BCUT2D eigenvalue weighted by atomic mass is 9.68. The van der Waals surface area contributed by atoms with Crippen molar-refractivity contribution in [1.82, 2.24) is 9.55 Å². The zero-order chi connectivity index (χ0) is 25.9. The number of carbonyl (C=O) groups is 1. The first kappa shape index (κ1) is 24.5. The Hall–Kier alpha value is -3.14. The fourth-order valence-corrected chi connectivity index (χ4v) is 5.95. The van der Waals surface area contributed by atoms with Gasteiger partial charge in [0.15, 0.2) is 6.10 Å². The second-order valence-corrected chi connectivity index (χ2v) is 9.41. The van der Waals surface area contributed by atoms with Crippen LogP contribution in [0, 0.1) is 12.7 Å². The number of hydrogen-bond acceptors (Lipinski definition) is 7. The molecule has 0 saturated heterocycles. The highest BCUT2D eigenvalue weighted by Crippen LogP contribution is 2.48. The van der Waals surface area contributed by atoms with E-state index in [9.17, 15) is 24.2 Å². The number of nitrogens with zero attached hydrogens (tertiary/aromatic N) is 2. The van der Waals surface area contributed by atoms with Gasteiger partial charge in [-0.15, -0.1) is 0 Å². The van der Waals surface area contributed by atoms with Crippen molar-refractivity contribution >= 4 is 16.9 Å². The van der Waals surface area contributed by atoms with Crippen LogP contribution in [-0.2, 0) is 39.3 Å². The fourth-order valence-electron chi connectivity index (χ4n) is 5.95. The summed E-state index contributed by atoms with van der Waals surface area (Å²) in [5.74, 6) is -1.17. The lowest BCUT2D eigenvalue weighted by Crippen LogP contribution is -2.40. The van der Waals surface area contributed by atoms with E-state index in [-0.39, 0.29) is 48.9 Å². The average Bonchev–Trinajstić information content (AvgIpc) is 3.25. The van der Waals surface area contributed by atoms with E-state index < -0.39 is 17.5 Å². The molecule has 2 aromatic heterocycles. The third kappa shape index (κ3) is 3.19. The number of esters is 1. The molecule has 2 N–H and O–H groups in total. The Kier molecular flexibility index (Phi) is 5.97. The zero-order valence-electron chi connectivity index (χ0n) is 20.8. The first-order valence-electron chi connectivity index (χ1n) is 12.2. The van der Waals surface area contributed by atoms with Gasteiger partial charge in [0.05, 0.1) is 42.2 Å². The number of ether oxygens (including phenoxy) is 2. The number of aromatic nitrogens is 2. The monoisotopic (exact) mass is 496 g/mol. The maximum atomic E-state index is 14.9. The van der Waals surface area contributed by atoms with Crippen LogP contribution in [-0.4, -0.2) is 46.1 Å². The van der Waals surface area contributed by atoms with Crippen LogP contribution in [0.5, 0.6) is 0 Å². The van der Waals surface area contributed by atoms with Gasteiger partial charge in [-0.1, -0.05) is 13.8 Å². The number of methoxy groups -OCH3 is 1. The summed E-state index contributed by atoms with van der Waals surface area (Å²) >= 11 is 0. The van der Waals surface area contributed by atoms with Gasteiger partial charge in [0, 0.05) is 35.1 Å². The molecular formula is C27H29FN2O6. The molecular weight excluding hydrogens is 467 g/mol. The smallest absolute Gasteiger partial charge is 0.340 e. The molecule has 190 valence electrons. The van der Waals surface area contributed by atoms with Crippen molar-refractivity contribution in [3.05, 3.63) is 61.7 Å². The van der Waals surface area contributed by atoms with Gasteiger partial charge in [0.1, 0.15) is 12.4 Å². The number of rotatable bonds is 3. The van der Waals surface area contributed by atoms with Crippen LogP contribution in [0.1, 0.15) is 59.8 Å². The molecule has 3 aliphatic rings. The van der Waals surface area contributed by atoms with Gasteiger partial charge >= 0.3 is 5.97 Å². The largest absolute Gasteiger partial charge is 0.458 e. The summed E-state index contributed by atoms with van der Waals surface area (Å²) in [5.41, 5.74) is 3.72. The van der Waals surface area contributed by atoms with E-state index in [1.807, 2.05) is 13.8 Å². The maximum absolute atomic E-state index is 14.9. The molecule has 0 radical (unpaired) electrons. The minimum absolute atomic E-state index is 0.176. The second-order valence-electron chi connectivity index (χ2n) is 9.41. The summed E-state index contributed by atoms with van der Waals surface area (Å²) in [5, 5.41) is 21.8. The Balaban J connectivity index is 0.00000130. The van der Waals surface area contributed by atoms with E-state index in [0.29, 0.717) is 35.3 Å². The number of aliphatic hydroxyl groups is 2. The molecule has 6 rings (SSSR count). The first-order valence-corrected chi connectivity index (χ1v) is 12.2. The minimum atomic E-state index is -1.55. The van der Waals surface area contributed by atoms with Crippen LogP contribution < -0.4 is 5.56 Å². The molecule has 1 aromatic carbocycles. The Labute approximate surface area is 207 Å². The number of fused-ring (bicyclic) bond motifs is 5. The Morgan fingerprint density at radius 2 is 2.00 bits per heavy atom. The topological polar surface area (TPSA) is 111 Å². The van der Waals surface area contributed by atoms with E-state index in [2.05, 4.69) is 0 Å². The number of hydrogen-bond donors (Lipinski definition) is 2. The van der Waals surface area contributed by atoms with E-state index in [0.717, 1.165) is 22.1 Å². The van der Waals surface area contributed by atoms with Crippen LogP contribution in [0.4, 0.5) is 4.39 Å². The predicted molar refractivity (Wildman–Crippen MR) is 130 cm³/mol. The van der Waals surface area contributed by atoms with Crippen molar-refractivity contribution in [3.63, 3.8) is 0 Å². The number of aryl methyl sites for hydroxylation is 1. The molecule has 2 unspecified atom stereocenters. The van der Waals surface area contributed by atoms with E-state index >= 15 is 0 Å². The highest BCUT2D eigenvalue weighted by atomic mass is 19.1. The van der Waals surface area contributed by atoms with Gasteiger partial charge in [0.25, 0.3) is 5.56 Å². The summed E-state index contributed by atoms with van der Waals surface area (Å²) in [6.07, 6.45) is -0.422. The summed E-state index contributed by atoms with van der Waals surface area (Å²) in [6, 6.07) is 2.99. The van der Waals surface area contributed by atoms with Crippen molar-refractivity contribution in [2.24, 2.45) is 0 Å². The Bertz CT molecular complexity index is 1480. The quantitative estimate of drug-likeness (QED) is 0.420. The number of pyridine rings is 2. The normalized spacial score (nSPS) is 21.3. The number of halogens is 1. The van der Waals surface area contributed by atoms with E-state index in [1.165, 1.54) is 6.07 Å². The van der Waals surface area contributed by atoms with Crippen molar-refractivity contribution in [3.8, 4) is 11.4 Å². The SMILES string of the molecule is CC.COCC1(CO)CCc2c(C)c(F)cc3nc4c(c1c23)Cn1c-4cc2c(c1=O)COC(=O)C2O. The van der Waals surface area contributed by atoms with Crippen LogP contribution in [0.15, 0.2) is 16.9 Å². The molecule has 2 atom stereocenters. The van der Waals surface area contributed by atoms with Crippen molar-refractivity contribution in [2.45, 2.75) is 58.3 Å². The predicted octanol–water partition coefficient (Wildman–Crippen LogP) is 2.81. The molecule has 0 bridgehead atoms. The zero-order valence-corrected chi connectivity index (χ0v) is 20.8. The van der Waals surface area contributed by atoms with Crippen molar-refractivity contribution < 1.29 is 28.9 Å². The summed E-state index contributed by atoms with van der Waals surface area (Å²) in [6.45, 7) is 5.83. The molecule has 0 spiro atoms. The molecule has 0 saturated carbocycles.